The number of ether oxygens (including phenoxy) is 2. The summed E-state index contributed by atoms with van der Waals surface area (Å²) in [5, 5.41) is 12.1. The predicted molar refractivity (Wildman–Crippen MR) is 132 cm³/mol. The largest absolute Gasteiger partial charge is 0.507 e. The van der Waals surface area contributed by atoms with Gasteiger partial charge in [0, 0.05) is 16.8 Å². The van der Waals surface area contributed by atoms with Gasteiger partial charge < -0.3 is 14.6 Å². The molecule has 1 saturated heterocycles. The zero-order valence-electron chi connectivity index (χ0n) is 18.6. The molecule has 0 saturated carbocycles. The van der Waals surface area contributed by atoms with E-state index in [-0.39, 0.29) is 27.7 Å². The second-order valence-corrected chi connectivity index (χ2v) is 8.59. The smallest absolute Gasteiger partial charge is 0.300 e. The van der Waals surface area contributed by atoms with Crippen LogP contribution in [-0.2, 0) is 9.59 Å². The Bertz CT molecular complexity index is 1330. The van der Waals surface area contributed by atoms with Gasteiger partial charge in [-0.15, -0.1) is 0 Å². The number of methoxy groups -OCH3 is 2. The highest BCUT2D eigenvalue weighted by atomic mass is 35.5. The Kier molecular flexibility index (Phi) is 6.55. The standard InChI is InChI=1S/C26H21Cl2NO5/c1-14-6-4-7-15(10-14)23-22(24(30)18-12-21(34-3)19(28)13-20(18)33-2)25(31)26(32)29(23)17-9-5-8-16(27)11-17/h4-13,23,30H,1-3H3/b24-22+. The van der Waals surface area contributed by atoms with Crippen LogP contribution in [0.3, 0.4) is 0 Å². The van der Waals surface area contributed by atoms with Crippen molar-refractivity contribution in [1.29, 1.82) is 0 Å². The SMILES string of the molecule is COc1cc(/C(O)=C2\C(=O)C(=O)N(c3cccc(Cl)c3)C2c2cccc(C)c2)c(OC)cc1Cl. The molecule has 0 aliphatic carbocycles. The molecule has 0 radical (unpaired) electrons. The Balaban J connectivity index is 2.01. The third-order valence-electron chi connectivity index (χ3n) is 5.62. The number of ketones is 1. The Morgan fingerprint density at radius 3 is 2.29 bits per heavy atom. The molecule has 1 aliphatic rings. The number of carbonyl (C=O) groups is 2. The highest BCUT2D eigenvalue weighted by Gasteiger charge is 2.47. The summed E-state index contributed by atoms with van der Waals surface area (Å²) in [5.74, 6) is -1.52. The first-order valence-corrected chi connectivity index (χ1v) is 11.1. The number of hydrogen-bond acceptors (Lipinski definition) is 5. The molecular formula is C26H21Cl2NO5. The summed E-state index contributed by atoms with van der Waals surface area (Å²) in [6, 6.07) is 16.1. The third-order valence-corrected chi connectivity index (χ3v) is 6.15. The number of nitrogens with zero attached hydrogens (tertiary/aromatic N) is 1. The van der Waals surface area contributed by atoms with Gasteiger partial charge in [-0.25, -0.2) is 0 Å². The molecule has 34 heavy (non-hydrogen) atoms. The third kappa shape index (κ3) is 4.11. The van der Waals surface area contributed by atoms with Crippen molar-refractivity contribution < 1.29 is 24.2 Å². The van der Waals surface area contributed by atoms with Crippen molar-refractivity contribution in [2.45, 2.75) is 13.0 Å². The van der Waals surface area contributed by atoms with E-state index in [4.69, 9.17) is 32.7 Å². The van der Waals surface area contributed by atoms with Crippen LogP contribution in [0.15, 0.2) is 66.2 Å². The Morgan fingerprint density at radius 2 is 1.65 bits per heavy atom. The van der Waals surface area contributed by atoms with Crippen molar-refractivity contribution in [1.82, 2.24) is 0 Å². The molecule has 1 amide bonds. The fraction of sp³-hybridized carbons (Fsp3) is 0.154. The fourth-order valence-corrected chi connectivity index (χ4v) is 4.49. The number of Topliss-reactive ketones (excluding diaryl/α,β-unsaturated/α-hetero) is 1. The van der Waals surface area contributed by atoms with Crippen LogP contribution in [0, 0.1) is 6.92 Å². The van der Waals surface area contributed by atoms with Crippen molar-refractivity contribution in [3.63, 3.8) is 0 Å². The highest BCUT2D eigenvalue weighted by molar-refractivity contribution is 6.52. The molecule has 1 unspecified atom stereocenters. The van der Waals surface area contributed by atoms with Crippen molar-refractivity contribution in [2.75, 3.05) is 19.1 Å². The molecule has 3 aromatic carbocycles. The Labute approximate surface area is 206 Å². The molecule has 3 aromatic rings. The van der Waals surface area contributed by atoms with Crippen molar-refractivity contribution in [3.8, 4) is 11.5 Å². The monoisotopic (exact) mass is 497 g/mol. The molecule has 0 spiro atoms. The first-order chi connectivity index (χ1) is 16.3. The van der Waals surface area contributed by atoms with E-state index < -0.39 is 23.5 Å². The molecule has 1 atom stereocenters. The number of carbonyl (C=O) groups excluding carboxylic acids is 2. The van der Waals surface area contributed by atoms with E-state index in [0.717, 1.165) is 5.56 Å². The molecule has 1 N–H and O–H groups in total. The summed E-state index contributed by atoms with van der Waals surface area (Å²) >= 11 is 12.4. The van der Waals surface area contributed by atoms with Gasteiger partial charge in [-0.1, -0.05) is 59.1 Å². The Hall–Kier alpha value is -3.48. The van der Waals surface area contributed by atoms with E-state index in [1.165, 1.54) is 31.3 Å². The number of aliphatic hydroxyl groups excluding tert-OH is 1. The molecule has 1 fully saturated rings. The van der Waals surface area contributed by atoms with Gasteiger partial charge >= 0.3 is 0 Å². The number of benzene rings is 3. The summed E-state index contributed by atoms with van der Waals surface area (Å²) in [4.78, 5) is 28.0. The molecule has 4 rings (SSSR count). The van der Waals surface area contributed by atoms with E-state index in [1.54, 1.807) is 30.3 Å². The van der Waals surface area contributed by atoms with Crippen molar-refractivity contribution >= 4 is 46.3 Å². The first-order valence-electron chi connectivity index (χ1n) is 10.3. The van der Waals surface area contributed by atoms with E-state index >= 15 is 0 Å². The van der Waals surface area contributed by atoms with Crippen LogP contribution < -0.4 is 14.4 Å². The minimum atomic E-state index is -0.898. The molecule has 0 bridgehead atoms. The number of aliphatic hydroxyl groups is 1. The average molecular weight is 498 g/mol. The molecule has 1 aliphatic heterocycles. The summed E-state index contributed by atoms with van der Waals surface area (Å²) in [5.41, 5.74) is 2.10. The minimum absolute atomic E-state index is 0.0850. The lowest BCUT2D eigenvalue weighted by atomic mass is 9.94. The minimum Gasteiger partial charge on any atom is -0.507 e. The van der Waals surface area contributed by atoms with Crippen LogP contribution in [0.5, 0.6) is 11.5 Å². The number of hydrogen-bond donors (Lipinski definition) is 1. The number of halogens is 2. The lowest BCUT2D eigenvalue weighted by molar-refractivity contribution is -0.132. The number of rotatable bonds is 5. The molecule has 1 heterocycles. The lowest BCUT2D eigenvalue weighted by Gasteiger charge is -2.26. The van der Waals surface area contributed by atoms with Crippen LogP contribution in [0.4, 0.5) is 5.69 Å². The van der Waals surface area contributed by atoms with Crippen molar-refractivity contribution in [2.24, 2.45) is 0 Å². The van der Waals surface area contributed by atoms with E-state index in [9.17, 15) is 14.7 Å². The quantitative estimate of drug-likeness (QED) is 0.268. The normalized spacial score (nSPS) is 17.2. The zero-order chi connectivity index (χ0) is 24.6. The predicted octanol–water partition coefficient (Wildman–Crippen LogP) is 5.95. The molecule has 6 nitrogen and oxygen atoms in total. The summed E-state index contributed by atoms with van der Waals surface area (Å²) in [6.45, 7) is 1.90. The maximum Gasteiger partial charge on any atom is 0.300 e. The van der Waals surface area contributed by atoms with Gasteiger partial charge in [0.1, 0.15) is 17.3 Å². The van der Waals surface area contributed by atoms with E-state index in [1.807, 2.05) is 25.1 Å². The number of amides is 1. The molecule has 174 valence electrons. The van der Waals surface area contributed by atoms with E-state index in [2.05, 4.69) is 0 Å². The maximum absolute atomic E-state index is 13.3. The van der Waals surface area contributed by atoms with Crippen LogP contribution >= 0.6 is 23.2 Å². The lowest BCUT2D eigenvalue weighted by Crippen LogP contribution is -2.29. The number of aryl methyl sites for hydroxylation is 1. The molecular weight excluding hydrogens is 477 g/mol. The topological polar surface area (TPSA) is 76.1 Å². The van der Waals surface area contributed by atoms with Gasteiger partial charge in [-0.05, 0) is 36.8 Å². The molecule has 8 heteroatoms. The van der Waals surface area contributed by atoms with Gasteiger partial charge in [-0.2, -0.15) is 0 Å². The summed E-state index contributed by atoms with van der Waals surface area (Å²) in [7, 11) is 2.85. The summed E-state index contributed by atoms with van der Waals surface area (Å²) in [6.07, 6.45) is 0. The van der Waals surface area contributed by atoms with Gasteiger partial charge in [0.25, 0.3) is 11.7 Å². The van der Waals surface area contributed by atoms with Crippen molar-refractivity contribution in [3.05, 3.63) is 93.0 Å². The number of anilines is 1. The Morgan fingerprint density at radius 1 is 0.941 bits per heavy atom. The van der Waals surface area contributed by atoms with Crippen LogP contribution in [-0.4, -0.2) is 31.0 Å². The first kappa shape index (κ1) is 23.7. The molecule has 0 aromatic heterocycles. The van der Waals surface area contributed by atoms with Gasteiger partial charge in [0.05, 0.1) is 36.4 Å². The fourth-order valence-electron chi connectivity index (χ4n) is 4.07. The van der Waals surface area contributed by atoms with Gasteiger partial charge in [-0.3, -0.25) is 14.5 Å². The second kappa shape index (κ2) is 9.41. The highest BCUT2D eigenvalue weighted by Crippen LogP contribution is 2.45. The van der Waals surface area contributed by atoms with Crippen LogP contribution in [0.2, 0.25) is 10.0 Å². The summed E-state index contributed by atoms with van der Waals surface area (Å²) < 4.78 is 10.7. The van der Waals surface area contributed by atoms with Crippen LogP contribution in [0.25, 0.3) is 5.76 Å². The van der Waals surface area contributed by atoms with Gasteiger partial charge in [0.15, 0.2) is 0 Å². The zero-order valence-corrected chi connectivity index (χ0v) is 20.1. The van der Waals surface area contributed by atoms with Gasteiger partial charge in [0.2, 0.25) is 0 Å². The maximum atomic E-state index is 13.3. The average Bonchev–Trinajstić information content (AvgIpc) is 3.09. The van der Waals surface area contributed by atoms with Crippen LogP contribution in [0.1, 0.15) is 22.7 Å². The van der Waals surface area contributed by atoms with E-state index in [0.29, 0.717) is 16.3 Å². The second-order valence-electron chi connectivity index (χ2n) is 7.75.